The Morgan fingerprint density at radius 3 is 2.45 bits per heavy atom. The minimum absolute atomic E-state index is 0.107. The molecule has 0 saturated carbocycles. The third kappa shape index (κ3) is 8.28. The fourth-order valence-corrected chi connectivity index (χ4v) is 5.12. The van der Waals surface area contributed by atoms with Gasteiger partial charge in [0.05, 0.1) is 31.9 Å². The van der Waals surface area contributed by atoms with Crippen LogP contribution in [0.15, 0.2) is 66.7 Å². The van der Waals surface area contributed by atoms with Crippen molar-refractivity contribution in [1.82, 2.24) is 14.9 Å². The number of nitrogens with one attached hydrogen (secondary N) is 1. The van der Waals surface area contributed by atoms with E-state index in [1.54, 1.807) is 32.4 Å². The number of carbonyl (C=O) groups excluding carboxylic acids is 1. The van der Waals surface area contributed by atoms with Crippen molar-refractivity contribution < 1.29 is 19.0 Å². The van der Waals surface area contributed by atoms with Gasteiger partial charge in [-0.05, 0) is 86.1 Å². The molecule has 224 valence electrons. The van der Waals surface area contributed by atoms with Crippen LogP contribution in [0.2, 0.25) is 0 Å². The predicted octanol–water partition coefficient (Wildman–Crippen LogP) is 7.57. The number of nitrogens with zero attached hydrogens (tertiary/aromatic N) is 2. The van der Waals surface area contributed by atoms with Crippen molar-refractivity contribution in [3.63, 3.8) is 0 Å². The number of methoxy groups -OCH3 is 2. The molecule has 1 unspecified atom stereocenters. The molecule has 0 fully saturated rings. The summed E-state index contributed by atoms with van der Waals surface area (Å²) in [7, 11) is 3.15. The summed E-state index contributed by atoms with van der Waals surface area (Å²) in [6, 6.07) is 22.1. The Balaban J connectivity index is 1.20. The van der Waals surface area contributed by atoms with E-state index in [1.807, 2.05) is 6.07 Å². The van der Waals surface area contributed by atoms with Crippen LogP contribution in [0, 0.1) is 0 Å². The Bertz CT molecular complexity index is 1410. The minimum atomic E-state index is -0.107. The van der Waals surface area contributed by atoms with Crippen LogP contribution in [-0.4, -0.2) is 42.8 Å². The zero-order chi connectivity index (χ0) is 29.7. The van der Waals surface area contributed by atoms with Crippen molar-refractivity contribution in [3.05, 3.63) is 83.7 Å². The number of hydrogen-bond acceptors (Lipinski definition) is 5. The van der Waals surface area contributed by atoms with Gasteiger partial charge < -0.3 is 24.1 Å². The van der Waals surface area contributed by atoms with Crippen molar-refractivity contribution in [3.8, 4) is 17.2 Å². The Hall–Kier alpha value is -4.00. The van der Waals surface area contributed by atoms with Crippen LogP contribution < -0.4 is 19.5 Å². The first-order valence-electron chi connectivity index (χ1n) is 15.2. The number of aromatic nitrogens is 2. The molecule has 0 saturated heterocycles. The molecule has 1 N–H and O–H groups in total. The van der Waals surface area contributed by atoms with Crippen LogP contribution in [0.3, 0.4) is 0 Å². The van der Waals surface area contributed by atoms with Crippen molar-refractivity contribution >= 4 is 16.9 Å². The summed E-state index contributed by atoms with van der Waals surface area (Å²) in [4.78, 5) is 17.5. The van der Waals surface area contributed by atoms with Gasteiger partial charge in [-0.15, -0.1) is 0 Å². The number of unbranched alkanes of at least 4 members (excludes halogenated alkanes) is 3. The van der Waals surface area contributed by atoms with Gasteiger partial charge in [0.2, 0.25) is 0 Å². The zero-order valence-electron chi connectivity index (χ0n) is 25.5. The first-order chi connectivity index (χ1) is 20.5. The molecule has 0 spiro atoms. The van der Waals surface area contributed by atoms with Crippen LogP contribution >= 0.6 is 0 Å². The number of rotatable bonds is 17. The molecule has 0 aliphatic rings. The molecule has 1 atom stereocenters. The van der Waals surface area contributed by atoms with Gasteiger partial charge in [-0.1, -0.05) is 44.5 Å². The SMILES string of the molecule is CCC(C)c1ccc(OCCCCn2c(CCCCCNC(=O)c3ccc(OC)c(OC)c3)nc3ccccc32)cc1. The van der Waals surface area contributed by atoms with Crippen LogP contribution in [0.4, 0.5) is 0 Å². The number of carbonyl (C=O) groups is 1. The molecule has 3 aromatic carbocycles. The van der Waals surface area contributed by atoms with E-state index in [-0.39, 0.29) is 5.91 Å². The molecule has 4 rings (SSSR count). The molecular weight excluding hydrogens is 526 g/mol. The lowest BCUT2D eigenvalue weighted by Crippen LogP contribution is -2.24. The number of aryl methyl sites for hydroxylation is 2. The zero-order valence-corrected chi connectivity index (χ0v) is 25.5. The largest absolute Gasteiger partial charge is 0.494 e. The summed E-state index contributed by atoms with van der Waals surface area (Å²) < 4.78 is 18.9. The molecule has 7 heteroatoms. The second-order valence-electron chi connectivity index (χ2n) is 10.7. The maximum atomic E-state index is 12.6. The third-order valence-corrected chi connectivity index (χ3v) is 7.85. The van der Waals surface area contributed by atoms with Crippen LogP contribution in [0.1, 0.15) is 80.0 Å². The number of hydrogen-bond donors (Lipinski definition) is 1. The van der Waals surface area contributed by atoms with Gasteiger partial charge in [-0.3, -0.25) is 4.79 Å². The quantitative estimate of drug-likeness (QED) is 0.132. The van der Waals surface area contributed by atoms with E-state index in [0.29, 0.717) is 36.1 Å². The minimum Gasteiger partial charge on any atom is -0.494 e. The monoisotopic (exact) mass is 571 g/mol. The summed E-state index contributed by atoms with van der Waals surface area (Å²) in [5, 5.41) is 3.01. The number of amides is 1. The van der Waals surface area contributed by atoms with Crippen molar-refractivity contribution in [1.29, 1.82) is 0 Å². The topological polar surface area (TPSA) is 74.6 Å². The highest BCUT2D eigenvalue weighted by Crippen LogP contribution is 2.27. The summed E-state index contributed by atoms with van der Waals surface area (Å²) in [6.07, 6.45) is 7.01. The summed E-state index contributed by atoms with van der Waals surface area (Å²) in [6.45, 7) is 6.74. The average molecular weight is 572 g/mol. The van der Waals surface area contributed by atoms with Gasteiger partial charge in [0.15, 0.2) is 11.5 Å². The maximum absolute atomic E-state index is 12.6. The summed E-state index contributed by atoms with van der Waals surface area (Å²) >= 11 is 0. The lowest BCUT2D eigenvalue weighted by Gasteiger charge is -2.12. The molecule has 4 aromatic rings. The smallest absolute Gasteiger partial charge is 0.251 e. The third-order valence-electron chi connectivity index (χ3n) is 7.85. The van der Waals surface area contributed by atoms with Crippen molar-refractivity contribution in [2.75, 3.05) is 27.4 Å². The van der Waals surface area contributed by atoms with Crippen LogP contribution in [0.5, 0.6) is 17.2 Å². The molecule has 0 bridgehead atoms. The van der Waals surface area contributed by atoms with Crippen LogP contribution in [-0.2, 0) is 13.0 Å². The molecule has 7 nitrogen and oxygen atoms in total. The van der Waals surface area contributed by atoms with E-state index < -0.39 is 0 Å². The van der Waals surface area contributed by atoms with E-state index >= 15 is 0 Å². The Morgan fingerprint density at radius 2 is 1.69 bits per heavy atom. The van der Waals surface area contributed by atoms with Gasteiger partial charge in [-0.25, -0.2) is 4.98 Å². The molecular formula is C35H45N3O4. The Kier molecular flexibility index (Phi) is 11.7. The number of imidazole rings is 1. The van der Waals surface area contributed by atoms with Gasteiger partial charge >= 0.3 is 0 Å². The first kappa shape index (κ1) is 30.9. The van der Waals surface area contributed by atoms with Crippen LogP contribution in [0.25, 0.3) is 11.0 Å². The Morgan fingerprint density at radius 1 is 0.905 bits per heavy atom. The predicted molar refractivity (Wildman–Crippen MR) is 169 cm³/mol. The van der Waals surface area contributed by atoms with Gasteiger partial charge in [0.25, 0.3) is 5.91 Å². The van der Waals surface area contributed by atoms with Crippen molar-refractivity contribution in [2.24, 2.45) is 0 Å². The van der Waals surface area contributed by atoms with Gasteiger partial charge in [0.1, 0.15) is 11.6 Å². The molecule has 1 amide bonds. The fourth-order valence-electron chi connectivity index (χ4n) is 5.12. The number of fused-ring (bicyclic) bond motifs is 1. The van der Waals surface area contributed by atoms with E-state index in [1.165, 1.54) is 11.1 Å². The van der Waals surface area contributed by atoms with E-state index in [0.717, 1.165) is 68.6 Å². The lowest BCUT2D eigenvalue weighted by atomic mass is 9.99. The molecule has 1 heterocycles. The standard InChI is InChI=1S/C35H45N3O4/c1-5-26(2)27-16-19-29(20-17-27)42-24-12-11-23-38-31-14-9-8-13-30(31)37-34(38)15-7-6-10-22-36-35(39)28-18-21-32(40-3)33(25-28)41-4/h8-9,13-14,16-21,25-26H,5-7,10-12,15,22-24H2,1-4H3,(H,36,39). The summed E-state index contributed by atoms with van der Waals surface area (Å²) in [5.74, 6) is 3.70. The van der Waals surface area contributed by atoms with E-state index in [2.05, 4.69) is 66.2 Å². The second kappa shape index (κ2) is 15.9. The highest BCUT2D eigenvalue weighted by molar-refractivity contribution is 5.94. The van der Waals surface area contributed by atoms with Gasteiger partial charge in [0, 0.05) is 25.1 Å². The second-order valence-corrected chi connectivity index (χ2v) is 10.7. The number of benzene rings is 3. The highest BCUT2D eigenvalue weighted by atomic mass is 16.5. The summed E-state index contributed by atoms with van der Waals surface area (Å²) in [5.41, 5.74) is 4.17. The van der Waals surface area contributed by atoms with E-state index in [4.69, 9.17) is 19.2 Å². The molecule has 0 aliphatic heterocycles. The highest BCUT2D eigenvalue weighted by Gasteiger charge is 2.12. The first-order valence-corrected chi connectivity index (χ1v) is 15.2. The average Bonchev–Trinajstić information content (AvgIpc) is 3.38. The fraction of sp³-hybridized carbons (Fsp3) is 0.429. The molecule has 1 aromatic heterocycles. The molecule has 0 radical (unpaired) electrons. The molecule has 42 heavy (non-hydrogen) atoms. The van der Waals surface area contributed by atoms with Crippen molar-refractivity contribution in [2.45, 2.75) is 71.3 Å². The number of para-hydroxylation sites is 2. The molecule has 0 aliphatic carbocycles. The lowest BCUT2D eigenvalue weighted by molar-refractivity contribution is 0.0952. The normalized spacial score (nSPS) is 11.8. The van der Waals surface area contributed by atoms with Gasteiger partial charge in [-0.2, -0.15) is 0 Å². The maximum Gasteiger partial charge on any atom is 0.251 e. The Labute approximate surface area is 250 Å². The van der Waals surface area contributed by atoms with E-state index in [9.17, 15) is 4.79 Å². The number of ether oxygens (including phenoxy) is 3.